The molecule has 0 saturated carbocycles. The van der Waals surface area contributed by atoms with Gasteiger partial charge >= 0.3 is 0 Å². The molecule has 2 rings (SSSR count). The lowest BCUT2D eigenvalue weighted by Crippen LogP contribution is -2.21. The van der Waals surface area contributed by atoms with Gasteiger partial charge in [0.05, 0.1) is 0 Å². The highest BCUT2D eigenvalue weighted by Gasteiger charge is 2.09. The van der Waals surface area contributed by atoms with E-state index in [0.717, 1.165) is 18.8 Å². The maximum absolute atomic E-state index is 12.0. The van der Waals surface area contributed by atoms with E-state index in [1.54, 1.807) is 13.0 Å². The van der Waals surface area contributed by atoms with Gasteiger partial charge in [0.1, 0.15) is 5.76 Å². The standard InChI is InChI=1S/C15H19N3O2/c1-4-18(5-2)13-8-6-12(7-9-13)15(19)16-14-10-11(3)20-17-14/h6-10H,4-5H2,1-3H3,(H,16,17,19). The van der Waals surface area contributed by atoms with Gasteiger partial charge in [-0.05, 0) is 45.0 Å². The third-order valence-electron chi connectivity index (χ3n) is 3.13. The van der Waals surface area contributed by atoms with Crippen LogP contribution < -0.4 is 10.2 Å². The van der Waals surface area contributed by atoms with E-state index in [1.807, 2.05) is 24.3 Å². The Bertz CT molecular complexity index is 571. The van der Waals surface area contributed by atoms with Gasteiger partial charge in [0, 0.05) is 30.4 Å². The number of anilines is 2. The maximum Gasteiger partial charge on any atom is 0.256 e. The molecule has 2 aromatic rings. The van der Waals surface area contributed by atoms with Gasteiger partial charge in [-0.25, -0.2) is 0 Å². The fraction of sp³-hybridized carbons (Fsp3) is 0.333. The molecule has 5 heteroatoms. The molecule has 0 atom stereocenters. The molecule has 1 amide bonds. The van der Waals surface area contributed by atoms with Gasteiger partial charge in [0.25, 0.3) is 5.91 Å². The van der Waals surface area contributed by atoms with Crippen molar-refractivity contribution in [2.24, 2.45) is 0 Å². The summed E-state index contributed by atoms with van der Waals surface area (Å²) >= 11 is 0. The van der Waals surface area contributed by atoms with E-state index >= 15 is 0 Å². The molecule has 0 aliphatic heterocycles. The van der Waals surface area contributed by atoms with Crippen LogP contribution in [0.3, 0.4) is 0 Å². The van der Waals surface area contributed by atoms with Crippen LogP contribution in [-0.2, 0) is 0 Å². The third kappa shape index (κ3) is 3.17. The summed E-state index contributed by atoms with van der Waals surface area (Å²) in [4.78, 5) is 14.3. The van der Waals surface area contributed by atoms with Crippen molar-refractivity contribution in [3.63, 3.8) is 0 Å². The minimum absolute atomic E-state index is 0.190. The van der Waals surface area contributed by atoms with Crippen LogP contribution in [0.4, 0.5) is 11.5 Å². The van der Waals surface area contributed by atoms with Crippen molar-refractivity contribution in [2.75, 3.05) is 23.3 Å². The lowest BCUT2D eigenvalue weighted by atomic mass is 10.2. The predicted octanol–water partition coefficient (Wildman–Crippen LogP) is 3.08. The molecule has 0 radical (unpaired) electrons. The molecule has 0 unspecified atom stereocenters. The van der Waals surface area contributed by atoms with Crippen LogP contribution in [0.1, 0.15) is 30.0 Å². The largest absolute Gasteiger partial charge is 0.372 e. The molecule has 0 aliphatic rings. The summed E-state index contributed by atoms with van der Waals surface area (Å²) in [5.74, 6) is 0.905. The number of carbonyl (C=O) groups is 1. The number of hydrogen-bond donors (Lipinski definition) is 1. The lowest BCUT2D eigenvalue weighted by molar-refractivity contribution is 0.102. The van der Waals surface area contributed by atoms with Crippen LogP contribution >= 0.6 is 0 Å². The zero-order valence-electron chi connectivity index (χ0n) is 12.0. The summed E-state index contributed by atoms with van der Waals surface area (Å²) in [6, 6.07) is 9.22. The minimum atomic E-state index is -0.190. The first-order chi connectivity index (χ1) is 9.63. The summed E-state index contributed by atoms with van der Waals surface area (Å²) in [5, 5.41) is 6.44. The first-order valence-corrected chi connectivity index (χ1v) is 6.73. The van der Waals surface area contributed by atoms with Crippen molar-refractivity contribution < 1.29 is 9.32 Å². The number of aromatic nitrogens is 1. The van der Waals surface area contributed by atoms with Crippen molar-refractivity contribution in [1.82, 2.24) is 5.16 Å². The molecule has 0 fully saturated rings. The highest BCUT2D eigenvalue weighted by molar-refractivity contribution is 6.03. The van der Waals surface area contributed by atoms with Gasteiger partial charge in [-0.1, -0.05) is 5.16 Å². The van der Waals surface area contributed by atoms with Gasteiger partial charge in [-0.2, -0.15) is 0 Å². The quantitative estimate of drug-likeness (QED) is 0.909. The average molecular weight is 273 g/mol. The average Bonchev–Trinajstić information content (AvgIpc) is 2.86. The Kier molecular flexibility index (Phi) is 4.40. The molecule has 0 spiro atoms. The summed E-state index contributed by atoms with van der Waals surface area (Å²) in [6.07, 6.45) is 0. The van der Waals surface area contributed by atoms with Crippen LogP contribution in [0.5, 0.6) is 0 Å². The second-order valence-corrected chi connectivity index (χ2v) is 4.50. The monoisotopic (exact) mass is 273 g/mol. The molecule has 0 saturated heterocycles. The Hall–Kier alpha value is -2.30. The number of aryl methyl sites for hydroxylation is 1. The highest BCUT2D eigenvalue weighted by Crippen LogP contribution is 2.16. The number of nitrogens with zero attached hydrogens (tertiary/aromatic N) is 2. The molecule has 5 nitrogen and oxygen atoms in total. The molecule has 0 aliphatic carbocycles. The first-order valence-electron chi connectivity index (χ1n) is 6.73. The highest BCUT2D eigenvalue weighted by atomic mass is 16.5. The summed E-state index contributed by atoms with van der Waals surface area (Å²) in [6.45, 7) is 7.89. The normalized spacial score (nSPS) is 10.3. The number of hydrogen-bond acceptors (Lipinski definition) is 4. The van der Waals surface area contributed by atoms with Crippen molar-refractivity contribution >= 4 is 17.4 Å². The second kappa shape index (κ2) is 6.23. The van der Waals surface area contributed by atoms with Crippen molar-refractivity contribution in [3.8, 4) is 0 Å². The smallest absolute Gasteiger partial charge is 0.256 e. The topological polar surface area (TPSA) is 58.4 Å². The summed E-state index contributed by atoms with van der Waals surface area (Å²) in [7, 11) is 0. The Labute approximate surface area is 118 Å². The van der Waals surface area contributed by atoms with Crippen molar-refractivity contribution in [2.45, 2.75) is 20.8 Å². The molecule has 1 aromatic heterocycles. The zero-order valence-corrected chi connectivity index (χ0v) is 12.0. The Morgan fingerprint density at radius 2 is 1.90 bits per heavy atom. The van der Waals surface area contributed by atoms with Gasteiger partial charge in [-0.15, -0.1) is 0 Å². The summed E-state index contributed by atoms with van der Waals surface area (Å²) < 4.78 is 4.91. The van der Waals surface area contributed by atoms with E-state index in [-0.39, 0.29) is 5.91 Å². The van der Waals surface area contributed by atoms with Crippen LogP contribution in [-0.4, -0.2) is 24.2 Å². The zero-order chi connectivity index (χ0) is 14.5. The van der Waals surface area contributed by atoms with Gasteiger partial charge < -0.3 is 14.7 Å². The predicted molar refractivity (Wildman–Crippen MR) is 79.2 cm³/mol. The van der Waals surface area contributed by atoms with Gasteiger partial charge in [-0.3, -0.25) is 4.79 Å². The van der Waals surface area contributed by atoms with Crippen LogP contribution in [0.25, 0.3) is 0 Å². The fourth-order valence-corrected chi connectivity index (χ4v) is 2.03. The van der Waals surface area contributed by atoms with Crippen LogP contribution in [0.15, 0.2) is 34.9 Å². The second-order valence-electron chi connectivity index (χ2n) is 4.50. The number of nitrogens with one attached hydrogen (secondary N) is 1. The summed E-state index contributed by atoms with van der Waals surface area (Å²) in [5.41, 5.74) is 1.71. The Morgan fingerprint density at radius 1 is 1.25 bits per heavy atom. The molecule has 106 valence electrons. The number of amides is 1. The molecule has 1 heterocycles. The van der Waals surface area contributed by atoms with Crippen molar-refractivity contribution in [3.05, 3.63) is 41.7 Å². The lowest BCUT2D eigenvalue weighted by Gasteiger charge is -2.20. The molecular formula is C15H19N3O2. The van der Waals surface area contributed by atoms with E-state index in [0.29, 0.717) is 17.1 Å². The van der Waals surface area contributed by atoms with Crippen LogP contribution in [0, 0.1) is 6.92 Å². The van der Waals surface area contributed by atoms with E-state index < -0.39 is 0 Å². The Morgan fingerprint density at radius 3 is 2.40 bits per heavy atom. The molecule has 1 N–H and O–H groups in total. The maximum atomic E-state index is 12.0. The van der Waals surface area contributed by atoms with E-state index in [1.165, 1.54) is 0 Å². The van der Waals surface area contributed by atoms with Crippen LogP contribution in [0.2, 0.25) is 0 Å². The van der Waals surface area contributed by atoms with Crippen molar-refractivity contribution in [1.29, 1.82) is 0 Å². The van der Waals surface area contributed by atoms with Gasteiger partial charge in [0.15, 0.2) is 5.82 Å². The molecule has 20 heavy (non-hydrogen) atoms. The fourth-order valence-electron chi connectivity index (χ4n) is 2.03. The number of carbonyl (C=O) groups excluding carboxylic acids is 1. The van der Waals surface area contributed by atoms with Gasteiger partial charge in [0.2, 0.25) is 0 Å². The van der Waals surface area contributed by atoms with E-state index in [9.17, 15) is 4.79 Å². The van der Waals surface area contributed by atoms with E-state index in [4.69, 9.17) is 4.52 Å². The Balaban J connectivity index is 2.07. The SMILES string of the molecule is CCN(CC)c1ccc(C(=O)Nc2cc(C)on2)cc1. The first kappa shape index (κ1) is 14.1. The number of rotatable bonds is 5. The van der Waals surface area contributed by atoms with E-state index in [2.05, 4.69) is 29.2 Å². The molecule has 0 bridgehead atoms. The minimum Gasteiger partial charge on any atom is -0.372 e. The number of benzene rings is 1. The third-order valence-corrected chi connectivity index (χ3v) is 3.13. The molecule has 1 aromatic carbocycles. The molecular weight excluding hydrogens is 254 g/mol.